The zero-order chi connectivity index (χ0) is 11.6. The second-order valence-corrected chi connectivity index (χ2v) is 5.28. The third-order valence-electron chi connectivity index (χ3n) is 3.71. The molecule has 1 fully saturated rings. The lowest BCUT2D eigenvalue weighted by Gasteiger charge is -2.39. The van der Waals surface area contributed by atoms with Gasteiger partial charge >= 0.3 is 0 Å². The summed E-state index contributed by atoms with van der Waals surface area (Å²) in [6.07, 6.45) is 6.58. The number of rotatable bonds is 1. The van der Waals surface area contributed by atoms with Gasteiger partial charge in [0.1, 0.15) is 0 Å². The van der Waals surface area contributed by atoms with E-state index >= 15 is 0 Å². The lowest BCUT2D eigenvalue weighted by molar-refractivity contribution is -0.138. The van der Waals surface area contributed by atoms with Crippen LogP contribution in [0.4, 0.5) is 0 Å². The maximum absolute atomic E-state index is 12.5. The SMILES string of the molecule is CC1=CCCN(C(=O)C2(C)CCCCN2)C1. The van der Waals surface area contributed by atoms with Crippen LogP contribution in [0.3, 0.4) is 0 Å². The van der Waals surface area contributed by atoms with Crippen molar-refractivity contribution in [2.75, 3.05) is 19.6 Å². The molecule has 3 heteroatoms. The standard InChI is InChI=1S/C13H22N2O/c1-11-6-5-9-15(10-11)12(16)13(2)7-3-4-8-14-13/h6,14H,3-5,7-10H2,1-2H3. The van der Waals surface area contributed by atoms with E-state index in [0.717, 1.165) is 38.9 Å². The van der Waals surface area contributed by atoms with Crippen LogP contribution in [-0.4, -0.2) is 36.0 Å². The second kappa shape index (κ2) is 4.58. The molecule has 1 amide bonds. The molecule has 1 atom stereocenters. The van der Waals surface area contributed by atoms with Crippen molar-refractivity contribution < 1.29 is 4.79 Å². The van der Waals surface area contributed by atoms with Crippen LogP contribution in [0.15, 0.2) is 11.6 Å². The van der Waals surface area contributed by atoms with Crippen LogP contribution in [0.2, 0.25) is 0 Å². The number of piperidine rings is 1. The van der Waals surface area contributed by atoms with Crippen LogP contribution in [0.1, 0.15) is 39.5 Å². The number of carbonyl (C=O) groups excluding carboxylic acids is 1. The molecule has 0 aromatic carbocycles. The van der Waals surface area contributed by atoms with E-state index in [4.69, 9.17) is 0 Å². The van der Waals surface area contributed by atoms with Gasteiger partial charge < -0.3 is 10.2 Å². The molecule has 2 aliphatic rings. The molecule has 3 nitrogen and oxygen atoms in total. The fraction of sp³-hybridized carbons (Fsp3) is 0.769. The Kier molecular flexibility index (Phi) is 3.33. The molecule has 0 saturated carbocycles. The van der Waals surface area contributed by atoms with Crippen LogP contribution in [0.25, 0.3) is 0 Å². The summed E-state index contributed by atoms with van der Waals surface area (Å²) < 4.78 is 0. The molecule has 0 bridgehead atoms. The normalized spacial score (nSPS) is 31.1. The van der Waals surface area contributed by atoms with Crippen molar-refractivity contribution in [1.82, 2.24) is 10.2 Å². The zero-order valence-electron chi connectivity index (χ0n) is 10.4. The van der Waals surface area contributed by atoms with Crippen LogP contribution in [0, 0.1) is 0 Å². The van der Waals surface area contributed by atoms with Gasteiger partial charge in [-0.15, -0.1) is 0 Å². The van der Waals surface area contributed by atoms with E-state index in [1.54, 1.807) is 0 Å². The molecule has 2 aliphatic heterocycles. The van der Waals surface area contributed by atoms with Gasteiger partial charge in [-0.3, -0.25) is 4.79 Å². The summed E-state index contributed by atoms with van der Waals surface area (Å²) in [4.78, 5) is 14.5. The van der Waals surface area contributed by atoms with E-state index in [0.29, 0.717) is 5.91 Å². The van der Waals surface area contributed by atoms with E-state index in [2.05, 4.69) is 25.2 Å². The van der Waals surface area contributed by atoms with Crippen molar-refractivity contribution >= 4 is 5.91 Å². The zero-order valence-corrected chi connectivity index (χ0v) is 10.4. The Hall–Kier alpha value is -0.830. The first-order valence-corrected chi connectivity index (χ1v) is 6.32. The quantitative estimate of drug-likeness (QED) is 0.685. The molecule has 16 heavy (non-hydrogen) atoms. The summed E-state index contributed by atoms with van der Waals surface area (Å²) in [5, 5.41) is 3.40. The Labute approximate surface area is 97.9 Å². The average Bonchev–Trinajstić information content (AvgIpc) is 2.29. The molecule has 0 spiro atoms. The summed E-state index contributed by atoms with van der Waals surface area (Å²) in [7, 11) is 0. The predicted molar refractivity (Wildman–Crippen MR) is 65.2 cm³/mol. The number of hydrogen-bond donors (Lipinski definition) is 1. The third kappa shape index (κ3) is 2.29. The van der Waals surface area contributed by atoms with Crippen molar-refractivity contribution in [2.45, 2.75) is 45.1 Å². The van der Waals surface area contributed by atoms with Gasteiger partial charge in [0.15, 0.2) is 0 Å². The fourth-order valence-corrected chi connectivity index (χ4v) is 2.67. The van der Waals surface area contributed by atoms with Gasteiger partial charge in [-0.05, 0) is 46.1 Å². The summed E-state index contributed by atoms with van der Waals surface area (Å²) >= 11 is 0. The Morgan fingerprint density at radius 1 is 1.50 bits per heavy atom. The van der Waals surface area contributed by atoms with Crippen LogP contribution < -0.4 is 5.32 Å². The highest BCUT2D eigenvalue weighted by atomic mass is 16.2. The van der Waals surface area contributed by atoms with Crippen LogP contribution in [0.5, 0.6) is 0 Å². The van der Waals surface area contributed by atoms with Gasteiger partial charge in [-0.2, -0.15) is 0 Å². The van der Waals surface area contributed by atoms with E-state index < -0.39 is 0 Å². The highest BCUT2D eigenvalue weighted by Gasteiger charge is 2.37. The van der Waals surface area contributed by atoms with E-state index in [1.165, 1.54) is 12.0 Å². The van der Waals surface area contributed by atoms with Gasteiger partial charge in [0.05, 0.1) is 5.54 Å². The number of nitrogens with one attached hydrogen (secondary N) is 1. The first-order valence-electron chi connectivity index (χ1n) is 6.32. The topological polar surface area (TPSA) is 32.3 Å². The molecule has 0 aromatic heterocycles. The Balaban J connectivity index is 2.03. The Morgan fingerprint density at radius 2 is 2.31 bits per heavy atom. The van der Waals surface area contributed by atoms with Gasteiger partial charge in [0.25, 0.3) is 0 Å². The van der Waals surface area contributed by atoms with Crippen molar-refractivity contribution in [3.05, 3.63) is 11.6 Å². The number of hydrogen-bond acceptors (Lipinski definition) is 2. The first-order chi connectivity index (χ1) is 7.62. The first kappa shape index (κ1) is 11.6. The van der Waals surface area contributed by atoms with Gasteiger partial charge in [-0.1, -0.05) is 11.6 Å². The average molecular weight is 222 g/mol. The van der Waals surface area contributed by atoms with Crippen molar-refractivity contribution in [3.63, 3.8) is 0 Å². The van der Waals surface area contributed by atoms with Gasteiger partial charge in [-0.25, -0.2) is 0 Å². The number of nitrogens with zero attached hydrogens (tertiary/aromatic N) is 1. The molecule has 2 rings (SSSR count). The molecule has 1 saturated heterocycles. The minimum absolute atomic E-state index is 0.291. The summed E-state index contributed by atoms with van der Waals surface area (Å²) in [6, 6.07) is 0. The number of carbonyl (C=O) groups is 1. The molecule has 0 aliphatic carbocycles. The van der Waals surface area contributed by atoms with Gasteiger partial charge in [0.2, 0.25) is 5.91 Å². The molecule has 2 heterocycles. The third-order valence-corrected chi connectivity index (χ3v) is 3.71. The van der Waals surface area contributed by atoms with Crippen molar-refractivity contribution in [2.24, 2.45) is 0 Å². The van der Waals surface area contributed by atoms with E-state index in [9.17, 15) is 4.79 Å². The Morgan fingerprint density at radius 3 is 2.94 bits per heavy atom. The minimum atomic E-state index is -0.310. The molecule has 90 valence electrons. The maximum Gasteiger partial charge on any atom is 0.242 e. The van der Waals surface area contributed by atoms with Crippen LogP contribution in [-0.2, 0) is 4.79 Å². The van der Waals surface area contributed by atoms with Crippen LogP contribution >= 0.6 is 0 Å². The highest BCUT2D eigenvalue weighted by molar-refractivity contribution is 5.86. The fourth-order valence-electron chi connectivity index (χ4n) is 2.67. The number of amides is 1. The predicted octanol–water partition coefficient (Wildman–Crippen LogP) is 1.70. The van der Waals surface area contributed by atoms with E-state index in [-0.39, 0.29) is 5.54 Å². The van der Waals surface area contributed by atoms with Gasteiger partial charge in [0, 0.05) is 13.1 Å². The summed E-state index contributed by atoms with van der Waals surface area (Å²) in [5.41, 5.74) is 1.01. The monoisotopic (exact) mass is 222 g/mol. The largest absolute Gasteiger partial charge is 0.337 e. The smallest absolute Gasteiger partial charge is 0.242 e. The molecule has 1 N–H and O–H groups in total. The second-order valence-electron chi connectivity index (χ2n) is 5.28. The summed E-state index contributed by atoms with van der Waals surface area (Å²) in [6.45, 7) is 6.84. The van der Waals surface area contributed by atoms with Crippen molar-refractivity contribution in [3.8, 4) is 0 Å². The maximum atomic E-state index is 12.5. The molecule has 1 unspecified atom stereocenters. The molecule has 0 radical (unpaired) electrons. The summed E-state index contributed by atoms with van der Waals surface area (Å²) in [5.74, 6) is 0.291. The highest BCUT2D eigenvalue weighted by Crippen LogP contribution is 2.23. The lowest BCUT2D eigenvalue weighted by Crippen LogP contribution is -2.58. The molecule has 0 aromatic rings. The van der Waals surface area contributed by atoms with E-state index in [1.807, 2.05) is 4.90 Å². The van der Waals surface area contributed by atoms with Crippen molar-refractivity contribution in [1.29, 1.82) is 0 Å². The minimum Gasteiger partial charge on any atom is -0.337 e. The lowest BCUT2D eigenvalue weighted by atomic mass is 9.89. The molecular formula is C13H22N2O. The molecular weight excluding hydrogens is 200 g/mol. The Bertz CT molecular complexity index is 303.